The molecule has 0 fully saturated rings. The Kier molecular flexibility index (Phi) is 6.10. The van der Waals surface area contributed by atoms with E-state index in [2.05, 4.69) is 5.32 Å². The SMILES string of the molecule is Cc1cc(C)cc(C(=O)NCC(=O)N(CC(=O)O)C(C)C)c1. The van der Waals surface area contributed by atoms with Crippen LogP contribution in [0, 0.1) is 13.8 Å². The number of benzene rings is 1. The topological polar surface area (TPSA) is 86.7 Å². The van der Waals surface area contributed by atoms with Gasteiger partial charge in [0, 0.05) is 11.6 Å². The number of aryl methyl sites for hydroxylation is 2. The number of carboxylic acid groups (broad SMARTS) is 1. The van der Waals surface area contributed by atoms with Crippen LogP contribution in [-0.4, -0.2) is 46.9 Å². The number of carboxylic acids is 1. The zero-order chi connectivity index (χ0) is 16.9. The summed E-state index contributed by atoms with van der Waals surface area (Å²) in [6.07, 6.45) is 0. The first kappa shape index (κ1) is 17.7. The van der Waals surface area contributed by atoms with E-state index in [9.17, 15) is 14.4 Å². The molecular formula is C16H22N2O4. The second kappa shape index (κ2) is 7.59. The molecule has 0 atom stereocenters. The average Bonchev–Trinajstić information content (AvgIpc) is 2.40. The smallest absolute Gasteiger partial charge is 0.323 e. The van der Waals surface area contributed by atoms with Crippen molar-refractivity contribution in [2.45, 2.75) is 33.7 Å². The van der Waals surface area contributed by atoms with Gasteiger partial charge in [-0.15, -0.1) is 0 Å². The number of nitrogens with zero attached hydrogens (tertiary/aromatic N) is 1. The van der Waals surface area contributed by atoms with Crippen LogP contribution in [0.4, 0.5) is 0 Å². The van der Waals surface area contributed by atoms with E-state index in [0.29, 0.717) is 5.56 Å². The van der Waals surface area contributed by atoms with Gasteiger partial charge >= 0.3 is 5.97 Å². The number of aliphatic carboxylic acids is 1. The molecule has 1 aromatic carbocycles. The van der Waals surface area contributed by atoms with Crippen molar-refractivity contribution >= 4 is 17.8 Å². The summed E-state index contributed by atoms with van der Waals surface area (Å²) in [5.74, 6) is -1.85. The normalized spacial score (nSPS) is 10.4. The molecule has 2 N–H and O–H groups in total. The molecule has 2 amide bonds. The van der Waals surface area contributed by atoms with Crippen LogP contribution < -0.4 is 5.32 Å². The van der Waals surface area contributed by atoms with Crippen molar-refractivity contribution < 1.29 is 19.5 Å². The summed E-state index contributed by atoms with van der Waals surface area (Å²) in [5.41, 5.74) is 2.41. The summed E-state index contributed by atoms with van der Waals surface area (Å²) in [4.78, 5) is 36.1. The molecule has 0 saturated carbocycles. The summed E-state index contributed by atoms with van der Waals surface area (Å²) in [6.45, 7) is 6.64. The molecule has 6 nitrogen and oxygen atoms in total. The lowest BCUT2D eigenvalue weighted by Crippen LogP contribution is -2.45. The van der Waals surface area contributed by atoms with Crippen molar-refractivity contribution in [2.24, 2.45) is 0 Å². The van der Waals surface area contributed by atoms with Gasteiger partial charge in [-0.2, -0.15) is 0 Å². The molecule has 0 unspecified atom stereocenters. The zero-order valence-electron chi connectivity index (χ0n) is 13.3. The number of nitrogens with one attached hydrogen (secondary N) is 1. The van der Waals surface area contributed by atoms with Gasteiger partial charge in [0.05, 0.1) is 6.54 Å². The number of rotatable bonds is 6. The highest BCUT2D eigenvalue weighted by Crippen LogP contribution is 2.08. The van der Waals surface area contributed by atoms with E-state index in [4.69, 9.17) is 5.11 Å². The lowest BCUT2D eigenvalue weighted by Gasteiger charge is -2.25. The third-order valence-electron chi connectivity index (χ3n) is 3.13. The van der Waals surface area contributed by atoms with E-state index in [0.717, 1.165) is 11.1 Å². The predicted molar refractivity (Wildman–Crippen MR) is 82.7 cm³/mol. The molecule has 0 radical (unpaired) electrons. The Labute approximate surface area is 130 Å². The summed E-state index contributed by atoms with van der Waals surface area (Å²) in [6, 6.07) is 5.19. The fourth-order valence-electron chi connectivity index (χ4n) is 2.17. The largest absolute Gasteiger partial charge is 0.480 e. The molecule has 6 heteroatoms. The highest BCUT2D eigenvalue weighted by Gasteiger charge is 2.20. The minimum Gasteiger partial charge on any atom is -0.480 e. The molecule has 1 aromatic rings. The average molecular weight is 306 g/mol. The maximum absolute atomic E-state index is 12.1. The third-order valence-corrected chi connectivity index (χ3v) is 3.13. The Balaban J connectivity index is 2.69. The van der Waals surface area contributed by atoms with Crippen LogP contribution in [0.2, 0.25) is 0 Å². The van der Waals surface area contributed by atoms with E-state index < -0.39 is 11.9 Å². The first-order valence-corrected chi connectivity index (χ1v) is 7.08. The van der Waals surface area contributed by atoms with Crippen molar-refractivity contribution in [1.82, 2.24) is 10.2 Å². The van der Waals surface area contributed by atoms with Gasteiger partial charge in [0.1, 0.15) is 6.54 Å². The first-order chi connectivity index (χ1) is 10.2. The Bertz CT molecular complexity index is 561. The van der Waals surface area contributed by atoms with Crippen molar-refractivity contribution in [3.8, 4) is 0 Å². The molecule has 0 saturated heterocycles. The van der Waals surface area contributed by atoms with Crippen LogP contribution in [0.3, 0.4) is 0 Å². The summed E-state index contributed by atoms with van der Waals surface area (Å²) >= 11 is 0. The highest BCUT2D eigenvalue weighted by atomic mass is 16.4. The Morgan fingerprint density at radius 1 is 1.14 bits per heavy atom. The fourth-order valence-corrected chi connectivity index (χ4v) is 2.17. The summed E-state index contributed by atoms with van der Waals surface area (Å²) in [5, 5.41) is 11.4. The van der Waals surface area contributed by atoms with Gasteiger partial charge in [-0.1, -0.05) is 17.2 Å². The third kappa shape index (κ3) is 5.20. The van der Waals surface area contributed by atoms with E-state index in [-0.39, 0.29) is 25.0 Å². The fraction of sp³-hybridized carbons (Fsp3) is 0.438. The second-order valence-electron chi connectivity index (χ2n) is 5.57. The quantitative estimate of drug-likeness (QED) is 0.830. The van der Waals surface area contributed by atoms with Crippen LogP contribution in [0.5, 0.6) is 0 Å². The lowest BCUT2D eigenvalue weighted by molar-refractivity contribution is -0.145. The minimum atomic E-state index is -1.08. The van der Waals surface area contributed by atoms with Crippen LogP contribution in [0.15, 0.2) is 18.2 Å². The standard InChI is InChI=1S/C16H22N2O4/c1-10(2)18(9-15(20)21)14(19)8-17-16(22)13-6-11(3)5-12(4)7-13/h5-7,10H,8-9H2,1-4H3,(H,17,22)(H,20,21). The molecular weight excluding hydrogens is 284 g/mol. The molecule has 22 heavy (non-hydrogen) atoms. The molecule has 0 aliphatic heterocycles. The van der Waals surface area contributed by atoms with Crippen molar-refractivity contribution in [2.75, 3.05) is 13.1 Å². The first-order valence-electron chi connectivity index (χ1n) is 7.08. The van der Waals surface area contributed by atoms with Crippen molar-refractivity contribution in [3.63, 3.8) is 0 Å². The van der Waals surface area contributed by atoms with Crippen LogP contribution in [0.25, 0.3) is 0 Å². The van der Waals surface area contributed by atoms with Gasteiger partial charge in [-0.3, -0.25) is 14.4 Å². The van der Waals surface area contributed by atoms with Crippen molar-refractivity contribution in [1.29, 1.82) is 0 Å². The van der Waals surface area contributed by atoms with Crippen molar-refractivity contribution in [3.05, 3.63) is 34.9 Å². The highest BCUT2D eigenvalue weighted by molar-refractivity contribution is 5.97. The van der Waals surface area contributed by atoms with Crippen LogP contribution >= 0.6 is 0 Å². The maximum Gasteiger partial charge on any atom is 0.323 e. The molecule has 0 bridgehead atoms. The lowest BCUT2D eigenvalue weighted by atomic mass is 10.1. The molecule has 0 aliphatic carbocycles. The molecule has 0 heterocycles. The Morgan fingerprint density at radius 2 is 1.68 bits per heavy atom. The van der Waals surface area contributed by atoms with Gasteiger partial charge in [-0.05, 0) is 39.8 Å². The van der Waals surface area contributed by atoms with E-state index in [1.165, 1.54) is 4.90 Å². The maximum atomic E-state index is 12.1. The zero-order valence-corrected chi connectivity index (χ0v) is 13.3. The monoisotopic (exact) mass is 306 g/mol. The van der Waals surface area contributed by atoms with Gasteiger partial charge in [-0.25, -0.2) is 0 Å². The number of carbonyl (C=O) groups is 3. The number of amides is 2. The second-order valence-corrected chi connectivity index (χ2v) is 5.57. The number of hydrogen-bond acceptors (Lipinski definition) is 3. The van der Waals surface area contributed by atoms with E-state index in [1.807, 2.05) is 19.9 Å². The van der Waals surface area contributed by atoms with E-state index >= 15 is 0 Å². The molecule has 0 aromatic heterocycles. The number of hydrogen-bond donors (Lipinski definition) is 2. The Morgan fingerprint density at radius 3 is 2.14 bits per heavy atom. The van der Waals surface area contributed by atoms with Gasteiger partial charge in [0.2, 0.25) is 5.91 Å². The van der Waals surface area contributed by atoms with Crippen LogP contribution in [0.1, 0.15) is 35.3 Å². The Hall–Kier alpha value is -2.37. The molecule has 0 spiro atoms. The minimum absolute atomic E-state index is 0.225. The summed E-state index contributed by atoms with van der Waals surface area (Å²) in [7, 11) is 0. The van der Waals surface area contributed by atoms with Crippen LogP contribution in [-0.2, 0) is 9.59 Å². The van der Waals surface area contributed by atoms with Gasteiger partial charge in [0.25, 0.3) is 5.91 Å². The van der Waals surface area contributed by atoms with Gasteiger partial charge in [0.15, 0.2) is 0 Å². The summed E-state index contributed by atoms with van der Waals surface area (Å²) < 4.78 is 0. The van der Waals surface area contributed by atoms with E-state index in [1.54, 1.807) is 26.0 Å². The molecule has 120 valence electrons. The molecule has 1 rings (SSSR count). The predicted octanol–water partition coefficient (Wildman–Crippen LogP) is 1.35. The number of carbonyl (C=O) groups excluding carboxylic acids is 2. The van der Waals surface area contributed by atoms with Gasteiger partial charge < -0.3 is 15.3 Å². The molecule has 0 aliphatic rings.